The summed E-state index contributed by atoms with van der Waals surface area (Å²) >= 11 is 1.80. The fraction of sp³-hybridized carbons (Fsp3) is 0.0625. The summed E-state index contributed by atoms with van der Waals surface area (Å²) in [5.41, 5.74) is 24.8. The SMILES string of the molecule is C=Cc1cc(N)ccc1Nc1ccc2sc3c(-c4ccc(C(=N)/C=C(\N)c5ccc(C6=CCCC=C6)cc5)cc4)cccc3c2c1.Cc1ccccc1. The maximum absolute atomic E-state index is 8.74. The van der Waals surface area contributed by atoms with E-state index < -0.39 is 0 Å². The molecule has 1 aliphatic carbocycles. The van der Waals surface area contributed by atoms with Crippen LogP contribution < -0.4 is 16.8 Å². The number of hydrogen-bond donors (Lipinski definition) is 4. The molecule has 7 aromatic rings. The van der Waals surface area contributed by atoms with Crippen LogP contribution in [0, 0.1) is 12.3 Å². The zero-order chi connectivity index (χ0) is 36.7. The molecule has 0 radical (unpaired) electrons. The van der Waals surface area contributed by atoms with Gasteiger partial charge in [-0.1, -0.05) is 134 Å². The lowest BCUT2D eigenvalue weighted by molar-refractivity contribution is 1.04. The normalized spacial score (nSPS) is 12.5. The summed E-state index contributed by atoms with van der Waals surface area (Å²) < 4.78 is 2.47. The number of nitrogens with two attached hydrogens (primary N) is 2. The molecule has 5 heteroatoms. The molecule has 0 bridgehead atoms. The molecule has 53 heavy (non-hydrogen) atoms. The van der Waals surface area contributed by atoms with E-state index in [0.717, 1.165) is 46.5 Å². The number of rotatable bonds is 8. The number of benzene rings is 6. The number of allylic oxidation sites excluding steroid dienone is 5. The molecule has 6 N–H and O–H groups in total. The first-order chi connectivity index (χ1) is 25.9. The van der Waals surface area contributed by atoms with Gasteiger partial charge in [0.2, 0.25) is 0 Å². The van der Waals surface area contributed by atoms with Crippen LogP contribution in [0.1, 0.15) is 40.7 Å². The second kappa shape index (κ2) is 15.9. The van der Waals surface area contributed by atoms with Crippen molar-refractivity contribution in [2.75, 3.05) is 11.1 Å². The second-order valence-corrected chi connectivity index (χ2v) is 14.2. The minimum atomic E-state index is 0.381. The number of nitrogens with one attached hydrogen (secondary N) is 2. The van der Waals surface area contributed by atoms with Gasteiger partial charge in [-0.15, -0.1) is 11.3 Å². The van der Waals surface area contributed by atoms with E-state index in [4.69, 9.17) is 16.9 Å². The number of thiophene rings is 1. The quantitative estimate of drug-likeness (QED) is 0.0937. The first-order valence-corrected chi connectivity index (χ1v) is 18.6. The number of nitrogen functional groups attached to an aromatic ring is 1. The van der Waals surface area contributed by atoms with Crippen LogP contribution in [0.5, 0.6) is 0 Å². The smallest absolute Gasteiger partial charge is 0.0632 e. The van der Waals surface area contributed by atoms with Gasteiger partial charge in [0.1, 0.15) is 0 Å². The van der Waals surface area contributed by atoms with Crippen molar-refractivity contribution in [1.29, 1.82) is 5.41 Å². The van der Waals surface area contributed by atoms with E-state index >= 15 is 0 Å². The zero-order valence-electron chi connectivity index (χ0n) is 29.8. The van der Waals surface area contributed by atoms with Crippen LogP contribution in [0.4, 0.5) is 17.1 Å². The first kappa shape index (κ1) is 35.0. The van der Waals surface area contributed by atoms with E-state index in [1.165, 1.54) is 42.4 Å². The molecule has 8 rings (SSSR count). The third-order valence-corrected chi connectivity index (χ3v) is 10.6. The first-order valence-electron chi connectivity index (χ1n) is 17.8. The Hall–Kier alpha value is -6.43. The fourth-order valence-electron chi connectivity index (χ4n) is 6.49. The number of fused-ring (bicyclic) bond motifs is 3. The lowest BCUT2D eigenvalue weighted by atomic mass is 9.97. The maximum Gasteiger partial charge on any atom is 0.0632 e. The van der Waals surface area contributed by atoms with Crippen LogP contribution in [0.15, 0.2) is 164 Å². The molecule has 0 fully saturated rings. The van der Waals surface area contributed by atoms with E-state index in [9.17, 15) is 0 Å². The standard InChI is InChI=1S/C41H34N4S.C7H8/c1-2-26-23-32(42)19-21-39(26)45-33-20-22-40-36(24-33)35-10-6-9-34(41(35)46-40)29-13-17-31(18-14-29)38(44)25-37(43)30-15-11-28(12-16-30)27-7-4-3-5-8-27;1-7-5-3-2-4-6-7/h2,4,6-25,44-45H,1,3,5,42-43H2;2-6H,1H3/b37-25-,44-38?;. The van der Waals surface area contributed by atoms with Gasteiger partial charge in [0.15, 0.2) is 0 Å². The Bertz CT molecular complexity index is 2520. The van der Waals surface area contributed by atoms with Crippen LogP contribution in [0.2, 0.25) is 0 Å². The molecule has 4 nitrogen and oxygen atoms in total. The van der Waals surface area contributed by atoms with Gasteiger partial charge in [-0.05, 0) is 101 Å². The molecule has 1 aliphatic rings. The molecular weight excluding hydrogens is 665 g/mol. The Labute approximate surface area is 315 Å². The molecule has 1 aromatic heterocycles. The summed E-state index contributed by atoms with van der Waals surface area (Å²) in [4.78, 5) is 0. The Morgan fingerprint density at radius 2 is 1.53 bits per heavy atom. The van der Waals surface area contributed by atoms with Gasteiger partial charge in [-0.2, -0.15) is 0 Å². The van der Waals surface area contributed by atoms with Crippen molar-refractivity contribution < 1.29 is 0 Å². The van der Waals surface area contributed by atoms with Crippen LogP contribution in [0.3, 0.4) is 0 Å². The van der Waals surface area contributed by atoms with Gasteiger partial charge < -0.3 is 22.2 Å². The lowest BCUT2D eigenvalue weighted by Crippen LogP contribution is -2.02. The topological polar surface area (TPSA) is 87.9 Å². The van der Waals surface area contributed by atoms with Crippen molar-refractivity contribution in [2.24, 2.45) is 5.73 Å². The molecule has 0 spiro atoms. The Morgan fingerprint density at radius 1 is 0.774 bits per heavy atom. The van der Waals surface area contributed by atoms with Gasteiger partial charge in [-0.3, -0.25) is 0 Å². The van der Waals surface area contributed by atoms with Gasteiger partial charge in [0, 0.05) is 42.9 Å². The van der Waals surface area contributed by atoms with Crippen molar-refractivity contribution in [1.82, 2.24) is 0 Å². The minimum Gasteiger partial charge on any atom is -0.399 e. The average molecular weight is 707 g/mol. The van der Waals surface area contributed by atoms with Crippen molar-refractivity contribution in [2.45, 2.75) is 19.8 Å². The van der Waals surface area contributed by atoms with Crippen LogP contribution in [-0.2, 0) is 0 Å². The second-order valence-electron chi connectivity index (χ2n) is 13.1. The van der Waals surface area contributed by atoms with Crippen molar-refractivity contribution >= 4 is 71.6 Å². The van der Waals surface area contributed by atoms with Crippen molar-refractivity contribution in [3.63, 3.8) is 0 Å². The molecule has 0 atom stereocenters. The average Bonchev–Trinajstić information content (AvgIpc) is 3.58. The highest BCUT2D eigenvalue weighted by molar-refractivity contribution is 7.26. The highest BCUT2D eigenvalue weighted by atomic mass is 32.1. The van der Waals surface area contributed by atoms with Crippen molar-refractivity contribution in [3.05, 3.63) is 192 Å². The summed E-state index contributed by atoms with van der Waals surface area (Å²) in [7, 11) is 0. The highest BCUT2D eigenvalue weighted by Gasteiger charge is 2.12. The molecule has 260 valence electrons. The van der Waals surface area contributed by atoms with Gasteiger partial charge in [-0.25, -0.2) is 0 Å². The third-order valence-electron chi connectivity index (χ3n) is 9.37. The summed E-state index contributed by atoms with van der Waals surface area (Å²) in [6.07, 6.45) is 12.4. The number of aryl methyl sites for hydroxylation is 1. The minimum absolute atomic E-state index is 0.381. The Balaban J connectivity index is 0.000000559. The van der Waals surface area contributed by atoms with Crippen LogP contribution >= 0.6 is 11.3 Å². The summed E-state index contributed by atoms with van der Waals surface area (Å²) in [5, 5.41) is 14.7. The monoisotopic (exact) mass is 706 g/mol. The van der Waals surface area contributed by atoms with E-state index in [2.05, 4.69) is 110 Å². The molecule has 6 aromatic carbocycles. The molecule has 0 saturated heterocycles. The van der Waals surface area contributed by atoms with E-state index in [-0.39, 0.29) is 0 Å². The van der Waals surface area contributed by atoms with Crippen LogP contribution in [-0.4, -0.2) is 5.71 Å². The molecule has 0 amide bonds. The fourth-order valence-corrected chi connectivity index (χ4v) is 7.71. The molecule has 0 aliphatic heterocycles. The van der Waals surface area contributed by atoms with Crippen LogP contribution in [0.25, 0.3) is 48.6 Å². The third kappa shape index (κ3) is 8.06. The summed E-state index contributed by atoms with van der Waals surface area (Å²) in [6, 6.07) is 45.5. The van der Waals surface area contributed by atoms with Crippen molar-refractivity contribution in [3.8, 4) is 11.1 Å². The lowest BCUT2D eigenvalue weighted by Gasteiger charge is -2.11. The summed E-state index contributed by atoms with van der Waals surface area (Å²) in [5.74, 6) is 0. The molecule has 1 heterocycles. The van der Waals surface area contributed by atoms with Gasteiger partial charge >= 0.3 is 0 Å². The predicted octanol–water partition coefficient (Wildman–Crippen LogP) is 12.8. The number of hydrogen-bond acceptors (Lipinski definition) is 5. The van der Waals surface area contributed by atoms with Gasteiger partial charge in [0.05, 0.1) is 5.71 Å². The predicted molar refractivity (Wildman–Crippen MR) is 232 cm³/mol. The molecule has 0 saturated carbocycles. The Kier molecular flexibility index (Phi) is 10.5. The largest absolute Gasteiger partial charge is 0.399 e. The van der Waals surface area contributed by atoms with Gasteiger partial charge in [0.25, 0.3) is 0 Å². The maximum atomic E-state index is 8.74. The number of anilines is 3. The van der Waals surface area contributed by atoms with E-state index in [1.54, 1.807) is 17.4 Å². The Morgan fingerprint density at radius 3 is 2.23 bits per heavy atom. The van der Waals surface area contributed by atoms with E-state index in [1.807, 2.05) is 66.7 Å². The highest BCUT2D eigenvalue weighted by Crippen LogP contribution is 2.41. The van der Waals surface area contributed by atoms with E-state index in [0.29, 0.717) is 17.1 Å². The summed E-state index contributed by atoms with van der Waals surface area (Å²) in [6.45, 7) is 6.02. The molecular formula is C48H42N4S. The molecule has 0 unspecified atom stereocenters. The zero-order valence-corrected chi connectivity index (χ0v) is 30.6.